The monoisotopic (exact) mass is 282 g/mol. The van der Waals surface area contributed by atoms with Gasteiger partial charge in [0, 0.05) is 10.6 Å². The van der Waals surface area contributed by atoms with E-state index in [1.54, 1.807) is 47.4 Å². The summed E-state index contributed by atoms with van der Waals surface area (Å²) in [7, 11) is 0. The summed E-state index contributed by atoms with van der Waals surface area (Å²) >= 11 is 9.05. The molecular weight excluding hydrogens is 272 g/mol. The zero-order valence-corrected chi connectivity index (χ0v) is 11.6. The third kappa shape index (κ3) is 3.35. The van der Waals surface area contributed by atoms with Gasteiger partial charge in [-0.2, -0.15) is 0 Å². The average Bonchev–Trinajstić information content (AvgIpc) is 2.82. The molecule has 0 fully saturated rings. The lowest BCUT2D eigenvalue weighted by molar-refractivity contribution is 0.0994. The summed E-state index contributed by atoms with van der Waals surface area (Å²) in [5.74, 6) is 0.139. The molecule has 1 unspecified atom stereocenters. The number of halogens is 1. The molecule has 1 atom stereocenters. The van der Waals surface area contributed by atoms with Crippen LogP contribution in [-0.2, 0) is 0 Å². The van der Waals surface area contributed by atoms with Gasteiger partial charge in [-0.15, -0.1) is 23.1 Å². The van der Waals surface area contributed by atoms with Crippen LogP contribution in [0, 0.1) is 0 Å². The zero-order valence-electron chi connectivity index (χ0n) is 9.22. The lowest BCUT2D eigenvalue weighted by atomic mass is 10.1. The fourth-order valence-electron chi connectivity index (χ4n) is 1.41. The minimum absolute atomic E-state index is 0.0742. The number of thioether (sulfide) groups is 1. The molecule has 4 heteroatoms. The van der Waals surface area contributed by atoms with Crippen molar-refractivity contribution >= 4 is 40.5 Å². The first-order valence-electron chi connectivity index (χ1n) is 5.17. The van der Waals surface area contributed by atoms with Gasteiger partial charge in [-0.05, 0) is 42.6 Å². The van der Waals surface area contributed by atoms with E-state index in [1.807, 2.05) is 24.4 Å². The van der Waals surface area contributed by atoms with E-state index in [4.69, 9.17) is 11.6 Å². The van der Waals surface area contributed by atoms with Crippen molar-refractivity contribution in [2.45, 2.75) is 16.4 Å². The van der Waals surface area contributed by atoms with Gasteiger partial charge in [-0.3, -0.25) is 4.79 Å². The summed E-state index contributed by atoms with van der Waals surface area (Å²) in [5.41, 5.74) is 0.714. The minimum atomic E-state index is -0.0742. The average molecular weight is 283 g/mol. The topological polar surface area (TPSA) is 17.1 Å². The number of rotatable bonds is 4. The molecule has 1 aromatic heterocycles. The number of carbonyl (C=O) groups is 1. The Morgan fingerprint density at radius 3 is 2.59 bits per heavy atom. The molecule has 1 aromatic carbocycles. The molecule has 0 aliphatic carbocycles. The third-order valence-corrected chi connectivity index (χ3v) is 4.71. The van der Waals surface area contributed by atoms with Crippen LogP contribution in [0.4, 0.5) is 0 Å². The molecule has 0 saturated carbocycles. The molecule has 0 bridgehead atoms. The lowest BCUT2D eigenvalue weighted by Gasteiger charge is -2.08. The fourth-order valence-corrected chi connectivity index (χ4v) is 3.55. The van der Waals surface area contributed by atoms with E-state index in [-0.39, 0.29) is 11.0 Å². The molecular formula is C13H11ClOS2. The maximum Gasteiger partial charge on any atom is 0.175 e. The Hall–Kier alpha value is -0.770. The van der Waals surface area contributed by atoms with Crippen molar-refractivity contribution < 1.29 is 4.79 Å². The fraction of sp³-hybridized carbons (Fsp3) is 0.154. The number of hydrogen-bond acceptors (Lipinski definition) is 3. The highest BCUT2D eigenvalue weighted by molar-refractivity contribution is 8.02. The SMILES string of the molecule is CC(Sc1cccs1)C(=O)c1ccc(Cl)cc1. The van der Waals surface area contributed by atoms with Gasteiger partial charge < -0.3 is 0 Å². The van der Waals surface area contributed by atoms with Gasteiger partial charge in [0.25, 0.3) is 0 Å². The molecule has 88 valence electrons. The minimum Gasteiger partial charge on any atom is -0.293 e. The van der Waals surface area contributed by atoms with Crippen molar-refractivity contribution in [1.82, 2.24) is 0 Å². The van der Waals surface area contributed by atoms with Gasteiger partial charge in [0.2, 0.25) is 0 Å². The summed E-state index contributed by atoms with van der Waals surface area (Å²) < 4.78 is 1.17. The molecule has 17 heavy (non-hydrogen) atoms. The molecule has 1 heterocycles. The molecule has 0 aliphatic rings. The predicted octanol–water partition coefficient (Wildman–Crippen LogP) is 4.77. The summed E-state index contributed by atoms with van der Waals surface area (Å²) in [6, 6.07) is 11.1. The number of thiophene rings is 1. The maximum atomic E-state index is 12.1. The van der Waals surface area contributed by atoms with Crippen molar-refractivity contribution in [3.8, 4) is 0 Å². The molecule has 0 N–H and O–H groups in total. The molecule has 1 nitrogen and oxygen atoms in total. The second kappa shape index (κ2) is 5.71. The van der Waals surface area contributed by atoms with Crippen LogP contribution in [0.1, 0.15) is 17.3 Å². The predicted molar refractivity (Wildman–Crippen MR) is 75.4 cm³/mol. The van der Waals surface area contributed by atoms with E-state index in [1.165, 1.54) is 4.21 Å². The van der Waals surface area contributed by atoms with Gasteiger partial charge in [0.1, 0.15) is 0 Å². The van der Waals surface area contributed by atoms with E-state index in [9.17, 15) is 4.79 Å². The molecule has 0 spiro atoms. The highest BCUT2D eigenvalue weighted by Crippen LogP contribution is 2.29. The van der Waals surface area contributed by atoms with Crippen molar-refractivity contribution in [3.05, 3.63) is 52.4 Å². The maximum absolute atomic E-state index is 12.1. The quantitative estimate of drug-likeness (QED) is 0.594. The highest BCUT2D eigenvalue weighted by Gasteiger charge is 2.16. The van der Waals surface area contributed by atoms with Gasteiger partial charge >= 0.3 is 0 Å². The van der Waals surface area contributed by atoms with E-state index in [2.05, 4.69) is 0 Å². The van der Waals surface area contributed by atoms with Crippen LogP contribution >= 0.6 is 34.7 Å². The van der Waals surface area contributed by atoms with Crippen LogP contribution in [0.5, 0.6) is 0 Å². The molecule has 0 amide bonds. The van der Waals surface area contributed by atoms with Crippen molar-refractivity contribution in [3.63, 3.8) is 0 Å². The van der Waals surface area contributed by atoms with Crippen LogP contribution in [0.3, 0.4) is 0 Å². The van der Waals surface area contributed by atoms with Crippen LogP contribution in [0.2, 0.25) is 5.02 Å². The van der Waals surface area contributed by atoms with Crippen LogP contribution in [-0.4, -0.2) is 11.0 Å². The van der Waals surface area contributed by atoms with E-state index >= 15 is 0 Å². The van der Waals surface area contributed by atoms with Crippen LogP contribution in [0.25, 0.3) is 0 Å². The Morgan fingerprint density at radius 1 is 1.29 bits per heavy atom. The van der Waals surface area contributed by atoms with Gasteiger partial charge in [0.15, 0.2) is 5.78 Å². The van der Waals surface area contributed by atoms with Crippen molar-refractivity contribution in [1.29, 1.82) is 0 Å². The van der Waals surface area contributed by atoms with Gasteiger partial charge in [0.05, 0.1) is 9.46 Å². The van der Waals surface area contributed by atoms with Crippen molar-refractivity contribution in [2.75, 3.05) is 0 Å². The van der Waals surface area contributed by atoms with Gasteiger partial charge in [-0.25, -0.2) is 0 Å². The second-order valence-electron chi connectivity index (χ2n) is 3.56. The first-order valence-corrected chi connectivity index (χ1v) is 7.30. The molecule has 0 saturated heterocycles. The Morgan fingerprint density at radius 2 is 2.00 bits per heavy atom. The summed E-state index contributed by atoms with van der Waals surface area (Å²) in [6.45, 7) is 1.93. The van der Waals surface area contributed by atoms with E-state index in [0.29, 0.717) is 10.6 Å². The highest BCUT2D eigenvalue weighted by atomic mass is 35.5. The first kappa shape index (κ1) is 12.7. The smallest absolute Gasteiger partial charge is 0.175 e. The van der Waals surface area contributed by atoms with Crippen LogP contribution < -0.4 is 0 Å². The van der Waals surface area contributed by atoms with E-state index in [0.717, 1.165) is 0 Å². The number of carbonyl (C=O) groups excluding carboxylic acids is 1. The Bertz CT molecular complexity index is 491. The number of benzene rings is 1. The third-order valence-electron chi connectivity index (χ3n) is 2.29. The number of ketones is 1. The Labute approximate surface area is 114 Å². The van der Waals surface area contributed by atoms with Gasteiger partial charge in [-0.1, -0.05) is 17.7 Å². The first-order chi connectivity index (χ1) is 8.16. The summed E-state index contributed by atoms with van der Waals surface area (Å²) in [5, 5.41) is 2.59. The molecule has 2 aromatic rings. The van der Waals surface area contributed by atoms with Crippen molar-refractivity contribution in [2.24, 2.45) is 0 Å². The Balaban J connectivity index is 2.07. The van der Waals surface area contributed by atoms with E-state index < -0.39 is 0 Å². The standard InChI is InChI=1S/C13H11ClOS2/c1-9(17-12-3-2-8-16-12)13(15)10-4-6-11(14)7-5-10/h2-9H,1H3. The molecule has 0 radical (unpaired) electrons. The normalized spacial score (nSPS) is 12.4. The Kier molecular flexibility index (Phi) is 4.26. The summed E-state index contributed by atoms with van der Waals surface area (Å²) in [4.78, 5) is 12.1. The largest absolute Gasteiger partial charge is 0.293 e. The molecule has 2 rings (SSSR count). The lowest BCUT2D eigenvalue weighted by Crippen LogP contribution is -2.12. The zero-order chi connectivity index (χ0) is 12.3. The number of hydrogen-bond donors (Lipinski definition) is 0. The number of Topliss-reactive ketones (excluding diaryl/α,β-unsaturated/α-hetero) is 1. The molecule has 0 aliphatic heterocycles. The van der Waals surface area contributed by atoms with Crippen LogP contribution in [0.15, 0.2) is 46.0 Å². The summed E-state index contributed by atoms with van der Waals surface area (Å²) in [6.07, 6.45) is 0. The second-order valence-corrected chi connectivity index (χ2v) is 6.59.